The standard InChI is InChI=1S/C47H63F2N4O9P.C27H36F2N3O6P/c1-5-32-15-19-35(20-16-32)45(57)51-24-10-9-13-39(44(50)56)53-46(58)36(26-34-17-21-37(22-18-34)47(48,49)63(59,60)61)28-41(54)40(27-33-11-7-6-8-12-33)52-43(55)29-62-42-25-31(4)14-23-38(42)30(2)3;1-3-18-8-12-20(13-9-18)25(34)31-16-6-5-7-23(24(33)4-2)32-26(35)22(30)17-19-10-14-21(15-11-19)27(28,29)39(36,37)38/h6-8,11-12,15-22,30-31,36,38-40,42H,5,9-10,13-14,23-29H2,1-4H3,(H2,50,56)(H,51,57)(H,52,55)(H,53,58)(H2,59,60,61);8-15,22-23H,3-7,16-17,30H2,1-2H3,(H,31,34)(H,32,35)(H2,36,37,38). The van der Waals surface area contributed by atoms with E-state index in [1.165, 1.54) is 24.3 Å². The minimum Gasteiger partial charge on any atom is -0.368 e. The van der Waals surface area contributed by atoms with Gasteiger partial charge in [0, 0.05) is 54.1 Å². The van der Waals surface area contributed by atoms with E-state index in [0.717, 1.165) is 73.1 Å². The fraction of sp³-hybridized carbons (Fsp3) is 0.486. The van der Waals surface area contributed by atoms with E-state index in [0.29, 0.717) is 73.7 Å². The highest BCUT2D eigenvalue weighted by atomic mass is 31.2. The molecule has 1 aliphatic carbocycles. The minimum absolute atomic E-state index is 0.0358. The first-order valence-electron chi connectivity index (χ1n) is 34.5. The number of aryl methyl sites for hydroxylation is 2. The van der Waals surface area contributed by atoms with Crippen LogP contribution in [-0.4, -0.2) is 117 Å². The SMILES string of the molecule is CCC(=O)C(CCCCNC(=O)c1ccc(CC)cc1)NC(=O)C(N)Cc1ccc(C(F)(F)P(=O)(O)O)cc1.CCc1ccc(C(=O)NCCCCC(NC(=O)C(CC(=O)C(Cc2ccccc2)NC(=O)COC2CC(C)CCC2C(C)C)Cc2ccc(C(F)(F)P(=O)(O)O)cc2)C(N)=O)cc1. The third-order valence-electron chi connectivity index (χ3n) is 18.2. The number of benzene rings is 5. The number of nitrogens with two attached hydrogens (primary N) is 2. The predicted molar refractivity (Wildman–Crippen MR) is 379 cm³/mol. The average molecular weight is 1460 g/mol. The molecular weight excluding hydrogens is 1360 g/mol. The lowest BCUT2D eigenvalue weighted by atomic mass is 9.75. The van der Waals surface area contributed by atoms with Gasteiger partial charge in [-0.15, -0.1) is 0 Å². The smallest absolute Gasteiger partial charge is 0.368 e. The van der Waals surface area contributed by atoms with Gasteiger partial charge in [-0.1, -0.05) is 151 Å². The average Bonchev–Trinajstić information content (AvgIpc) is 0.801. The molecule has 0 spiro atoms. The number of hydrogen-bond acceptors (Lipinski definition) is 12. The maximum Gasteiger partial charge on any atom is 0.399 e. The molecule has 0 radical (unpaired) electrons. The van der Waals surface area contributed by atoms with Gasteiger partial charge in [0.2, 0.25) is 23.6 Å². The number of alkyl halides is 4. The summed E-state index contributed by atoms with van der Waals surface area (Å²) >= 11 is 0. The van der Waals surface area contributed by atoms with Gasteiger partial charge in [0.15, 0.2) is 11.6 Å². The molecule has 1 saturated carbocycles. The monoisotopic (exact) mass is 1460 g/mol. The van der Waals surface area contributed by atoms with Crippen LogP contribution in [-0.2, 0) is 86.1 Å². The Morgan fingerprint density at radius 3 is 1.46 bits per heavy atom. The molecule has 0 saturated heterocycles. The maximum atomic E-state index is 14.5. The van der Waals surface area contributed by atoms with Crippen LogP contribution in [0.25, 0.3) is 0 Å². The molecule has 6 rings (SSSR count). The molecule has 8 unspecified atom stereocenters. The van der Waals surface area contributed by atoms with E-state index in [1.807, 2.05) is 44.2 Å². The molecule has 5 aromatic rings. The number of carbonyl (C=O) groups excluding carboxylic acids is 8. The number of primary amides is 1. The van der Waals surface area contributed by atoms with Gasteiger partial charge >= 0.3 is 26.5 Å². The number of carbonyl (C=O) groups is 8. The van der Waals surface area contributed by atoms with Crippen molar-refractivity contribution in [3.63, 3.8) is 0 Å². The first kappa shape index (κ1) is 84.9. The van der Waals surface area contributed by atoms with Crippen molar-refractivity contribution in [3.05, 3.63) is 177 Å². The highest BCUT2D eigenvalue weighted by Crippen LogP contribution is 2.60. The number of nitrogens with one attached hydrogen (secondary N) is 5. The third-order valence-corrected chi connectivity index (χ3v) is 20.2. The summed E-state index contributed by atoms with van der Waals surface area (Å²) in [6, 6.07) is 27.7. The van der Waals surface area contributed by atoms with Gasteiger partial charge in [-0.3, -0.25) is 47.5 Å². The molecule has 0 aliphatic heterocycles. The molecule has 8 atom stereocenters. The summed E-state index contributed by atoms with van der Waals surface area (Å²) in [4.78, 5) is 141. The Kier molecular flexibility index (Phi) is 33.5. The summed E-state index contributed by atoms with van der Waals surface area (Å²) in [7, 11) is -11.5. The second-order valence-corrected chi connectivity index (χ2v) is 29.7. The zero-order valence-electron chi connectivity index (χ0n) is 58.6. The first-order valence-corrected chi connectivity index (χ1v) is 37.8. The van der Waals surface area contributed by atoms with E-state index < -0.39 is 104 Å². The summed E-state index contributed by atoms with van der Waals surface area (Å²) in [5.41, 5.74) is 5.83. The van der Waals surface area contributed by atoms with Gasteiger partial charge in [-0.2, -0.15) is 17.6 Å². The highest BCUT2D eigenvalue weighted by molar-refractivity contribution is 7.52. The zero-order valence-corrected chi connectivity index (χ0v) is 60.4. The molecule has 28 heteroatoms. The summed E-state index contributed by atoms with van der Waals surface area (Å²) in [6.07, 6.45) is 6.56. The molecule has 6 amide bonds. The van der Waals surface area contributed by atoms with Crippen molar-refractivity contribution >= 4 is 62.2 Å². The minimum atomic E-state index is -5.86. The number of hydrogen-bond donors (Lipinski definition) is 11. The van der Waals surface area contributed by atoms with E-state index in [1.54, 1.807) is 55.5 Å². The van der Waals surface area contributed by atoms with Crippen LogP contribution in [0.1, 0.15) is 172 Å². The molecule has 0 aromatic heterocycles. The quantitative estimate of drug-likeness (QED) is 0.00990. The Balaban J connectivity index is 0.000000411. The Bertz CT molecular complexity index is 3660. The van der Waals surface area contributed by atoms with Crippen molar-refractivity contribution < 1.29 is 89.4 Å². The number of ether oxygens (including phenoxy) is 1. The number of rotatable bonds is 39. The van der Waals surface area contributed by atoms with Crippen LogP contribution in [0.2, 0.25) is 0 Å². The highest BCUT2D eigenvalue weighted by Gasteiger charge is 2.51. The Hall–Kier alpha value is -7.80. The number of halogens is 4. The Morgan fingerprint density at radius 2 is 1.01 bits per heavy atom. The van der Waals surface area contributed by atoms with Crippen molar-refractivity contribution in [2.75, 3.05) is 19.7 Å². The second-order valence-electron chi connectivity index (χ2n) is 26.4. The number of Topliss-reactive ketones (excluding diaryl/α,β-unsaturated/α-hetero) is 2. The molecule has 5 aromatic carbocycles. The van der Waals surface area contributed by atoms with Crippen molar-refractivity contribution in [2.24, 2.45) is 35.1 Å². The van der Waals surface area contributed by atoms with Crippen molar-refractivity contribution in [1.82, 2.24) is 26.6 Å². The van der Waals surface area contributed by atoms with Crippen molar-refractivity contribution in [2.45, 2.75) is 186 Å². The summed E-state index contributed by atoms with van der Waals surface area (Å²) in [6.45, 7) is 12.6. The van der Waals surface area contributed by atoms with E-state index in [2.05, 4.69) is 47.4 Å². The molecule has 102 heavy (non-hydrogen) atoms. The number of amides is 6. The first-order chi connectivity index (χ1) is 48.1. The van der Waals surface area contributed by atoms with Gasteiger partial charge in [0.1, 0.15) is 12.6 Å². The maximum absolute atomic E-state index is 14.5. The van der Waals surface area contributed by atoms with Crippen LogP contribution < -0.4 is 38.1 Å². The van der Waals surface area contributed by atoms with E-state index >= 15 is 0 Å². The lowest BCUT2D eigenvalue weighted by molar-refractivity contribution is -0.136. The summed E-state index contributed by atoms with van der Waals surface area (Å²) in [5.74, 6) is -3.90. The zero-order chi connectivity index (χ0) is 75.5. The van der Waals surface area contributed by atoms with E-state index in [4.69, 9.17) is 26.0 Å². The molecule has 13 N–H and O–H groups in total. The topological polar surface area (TPSA) is 373 Å². The van der Waals surface area contributed by atoms with Crippen LogP contribution in [0.15, 0.2) is 127 Å². The van der Waals surface area contributed by atoms with Crippen molar-refractivity contribution in [3.8, 4) is 0 Å². The van der Waals surface area contributed by atoms with E-state index in [-0.39, 0.29) is 73.9 Å². The van der Waals surface area contributed by atoms with Gasteiger partial charge in [0.25, 0.3) is 11.8 Å². The predicted octanol–water partition coefficient (Wildman–Crippen LogP) is 9.78. The van der Waals surface area contributed by atoms with Gasteiger partial charge in [-0.25, -0.2) is 0 Å². The number of ketones is 2. The lowest BCUT2D eigenvalue weighted by Gasteiger charge is -2.37. The molecule has 558 valence electrons. The van der Waals surface area contributed by atoms with Crippen LogP contribution in [0.5, 0.6) is 0 Å². The normalized spacial score (nSPS) is 16.4. The van der Waals surface area contributed by atoms with Crippen LogP contribution in [0.3, 0.4) is 0 Å². The summed E-state index contributed by atoms with van der Waals surface area (Å²) < 4.78 is 85.4. The van der Waals surface area contributed by atoms with Gasteiger partial charge in [0.05, 0.1) is 24.2 Å². The molecular formula is C74H99F4N7O15P2. The fourth-order valence-corrected chi connectivity index (χ4v) is 12.8. The van der Waals surface area contributed by atoms with Crippen molar-refractivity contribution in [1.29, 1.82) is 0 Å². The molecule has 1 aliphatic rings. The molecule has 0 heterocycles. The van der Waals surface area contributed by atoms with Crippen LogP contribution in [0, 0.1) is 23.7 Å². The molecule has 0 bridgehead atoms. The number of unbranched alkanes of at least 4 members (excludes halogenated alkanes) is 2. The van der Waals surface area contributed by atoms with Crippen LogP contribution >= 0.6 is 15.2 Å². The largest absolute Gasteiger partial charge is 0.399 e. The van der Waals surface area contributed by atoms with E-state index in [9.17, 15) is 74.8 Å². The summed E-state index contributed by atoms with van der Waals surface area (Å²) in [5, 5.41) is 13.8. The van der Waals surface area contributed by atoms with Gasteiger partial charge < -0.3 is 62.4 Å². The van der Waals surface area contributed by atoms with Crippen LogP contribution in [0.4, 0.5) is 17.6 Å². The lowest BCUT2D eigenvalue weighted by Crippen LogP contribution is -2.49. The Labute approximate surface area is 593 Å². The van der Waals surface area contributed by atoms with Gasteiger partial charge in [-0.05, 0) is 153 Å². The third kappa shape index (κ3) is 26.5. The fourth-order valence-electron chi connectivity index (χ4n) is 11.9. The molecule has 22 nitrogen and oxygen atoms in total. The second kappa shape index (κ2) is 40.3. The molecule has 1 fully saturated rings. The Morgan fingerprint density at radius 1 is 0.559 bits per heavy atom.